The Labute approximate surface area is 274 Å². The maximum atomic E-state index is 15.1. The fraction of sp³-hybridized carbons (Fsp3) is 0.375. The molecule has 0 radical (unpaired) electrons. The lowest BCUT2D eigenvalue weighted by molar-refractivity contribution is -0.124. The summed E-state index contributed by atoms with van der Waals surface area (Å²) in [6.45, 7) is -1.19. The van der Waals surface area contributed by atoms with E-state index in [0.717, 1.165) is 11.8 Å². The molecule has 1 fully saturated rings. The molecule has 47 heavy (non-hydrogen) atoms. The second-order valence-corrected chi connectivity index (χ2v) is 13.6. The Kier molecular flexibility index (Phi) is 12.2. The van der Waals surface area contributed by atoms with E-state index < -0.39 is 52.3 Å². The molecule has 2 amide bonds. The number of sulfone groups is 1. The van der Waals surface area contributed by atoms with Gasteiger partial charge in [-0.05, 0) is 59.9 Å². The first kappa shape index (κ1) is 36.1. The molecule has 0 aliphatic carbocycles. The summed E-state index contributed by atoms with van der Waals surface area (Å²) in [5, 5.41) is 7.94. The molecule has 1 heterocycles. The number of ether oxygens (including phenoxy) is 2. The van der Waals surface area contributed by atoms with Crippen LogP contribution in [0.25, 0.3) is 0 Å². The summed E-state index contributed by atoms with van der Waals surface area (Å²) < 4.78 is 86.8. The number of alkyl carbamates (subject to hydrolysis) is 1. The Balaban J connectivity index is 1.37. The van der Waals surface area contributed by atoms with E-state index in [1.807, 2.05) is 0 Å². The summed E-state index contributed by atoms with van der Waals surface area (Å²) in [5.74, 6) is -1.67. The SMILES string of the molecule is CS(=O)(=O)c1cccc([C@@H](CC(=O)Nc2c(F)cccc2CC[C@@H]2CN[C@H](COC(=O)NCC(F)(F)F)CO2)c2ccc(Cl)cc2)c1. The molecule has 9 nitrogen and oxygen atoms in total. The first-order chi connectivity index (χ1) is 22.2. The highest BCUT2D eigenvalue weighted by atomic mass is 35.5. The Morgan fingerprint density at radius 2 is 1.81 bits per heavy atom. The third kappa shape index (κ3) is 11.2. The lowest BCUT2D eigenvalue weighted by Gasteiger charge is -2.30. The molecule has 3 atom stereocenters. The molecule has 15 heteroatoms. The van der Waals surface area contributed by atoms with E-state index in [4.69, 9.17) is 21.1 Å². The molecule has 3 N–H and O–H groups in total. The normalized spacial score (nSPS) is 17.5. The van der Waals surface area contributed by atoms with Gasteiger partial charge in [0.2, 0.25) is 5.91 Å². The third-order valence-corrected chi connectivity index (χ3v) is 8.83. The van der Waals surface area contributed by atoms with Crippen molar-refractivity contribution in [2.75, 3.05) is 37.9 Å². The van der Waals surface area contributed by atoms with Crippen molar-refractivity contribution < 1.29 is 45.0 Å². The molecule has 3 aromatic carbocycles. The van der Waals surface area contributed by atoms with Crippen molar-refractivity contribution in [2.24, 2.45) is 0 Å². The van der Waals surface area contributed by atoms with Crippen molar-refractivity contribution in [1.82, 2.24) is 10.6 Å². The van der Waals surface area contributed by atoms with Crippen molar-refractivity contribution >= 4 is 39.1 Å². The highest BCUT2D eigenvalue weighted by Crippen LogP contribution is 2.32. The molecule has 1 aliphatic heterocycles. The van der Waals surface area contributed by atoms with E-state index in [2.05, 4.69) is 10.6 Å². The zero-order chi connectivity index (χ0) is 34.2. The molecular formula is C32H34ClF4N3O6S. The van der Waals surface area contributed by atoms with E-state index in [-0.39, 0.29) is 36.3 Å². The number of halogens is 5. The zero-order valence-corrected chi connectivity index (χ0v) is 26.9. The van der Waals surface area contributed by atoms with Crippen LogP contribution in [0.4, 0.5) is 28.0 Å². The quantitative estimate of drug-likeness (QED) is 0.210. The molecule has 0 unspecified atom stereocenters. The minimum atomic E-state index is -4.54. The van der Waals surface area contributed by atoms with Crippen molar-refractivity contribution in [3.05, 3.63) is 94.3 Å². The molecule has 0 aromatic heterocycles. The van der Waals surface area contributed by atoms with Crippen LogP contribution in [0.2, 0.25) is 5.02 Å². The summed E-state index contributed by atoms with van der Waals surface area (Å²) in [6, 6.07) is 17.2. The average molecular weight is 700 g/mol. The van der Waals surface area contributed by atoms with Crippen molar-refractivity contribution in [3.8, 4) is 0 Å². The van der Waals surface area contributed by atoms with Gasteiger partial charge < -0.3 is 25.4 Å². The van der Waals surface area contributed by atoms with Crippen molar-refractivity contribution in [1.29, 1.82) is 0 Å². The van der Waals surface area contributed by atoms with Crippen LogP contribution in [0, 0.1) is 5.82 Å². The molecule has 254 valence electrons. The molecule has 1 aliphatic rings. The fourth-order valence-corrected chi connectivity index (χ4v) is 5.86. The van der Waals surface area contributed by atoms with Crippen LogP contribution in [0.1, 0.15) is 35.4 Å². The highest BCUT2D eigenvalue weighted by molar-refractivity contribution is 7.90. The minimum absolute atomic E-state index is 0.0251. The van der Waals surface area contributed by atoms with Gasteiger partial charge in [0.05, 0.1) is 29.3 Å². The Hall–Kier alpha value is -3.72. The number of morpholine rings is 1. The van der Waals surface area contributed by atoms with Crippen LogP contribution < -0.4 is 16.0 Å². The van der Waals surface area contributed by atoms with Crippen LogP contribution in [0.15, 0.2) is 71.6 Å². The number of carbonyl (C=O) groups is 2. The van der Waals surface area contributed by atoms with Gasteiger partial charge in [-0.1, -0.05) is 48.0 Å². The summed E-state index contributed by atoms with van der Waals surface area (Å²) in [4.78, 5) is 25.0. The number of benzene rings is 3. The third-order valence-electron chi connectivity index (χ3n) is 7.47. The Morgan fingerprint density at radius 1 is 1.09 bits per heavy atom. The maximum Gasteiger partial charge on any atom is 0.407 e. The standard InChI is InChI=1S/C32H34ClF4N3O6S/c1-47(43,44)26-6-2-5-22(14-26)27(20-8-11-23(33)12-9-20)15-29(41)40-30-21(4-3-7-28(30)34)10-13-25-16-38-24(17-45-25)18-46-31(42)39-19-32(35,36)37/h2-9,11-12,14,24-25,27,38H,10,13,15-19H2,1H3,(H,39,42)(H,40,41)/t24-,25+,27-/m0/s1. The number of anilines is 1. The largest absolute Gasteiger partial charge is 0.448 e. The summed E-state index contributed by atoms with van der Waals surface area (Å²) in [6.07, 6.45) is -4.25. The molecule has 3 aromatic rings. The maximum absolute atomic E-state index is 15.1. The van der Waals surface area contributed by atoms with Gasteiger partial charge in [0, 0.05) is 30.2 Å². The topological polar surface area (TPSA) is 123 Å². The molecular weight excluding hydrogens is 666 g/mol. The number of alkyl halides is 3. The van der Waals surface area contributed by atoms with E-state index in [1.54, 1.807) is 47.8 Å². The van der Waals surface area contributed by atoms with Gasteiger partial charge >= 0.3 is 12.3 Å². The van der Waals surface area contributed by atoms with Gasteiger partial charge in [0.25, 0.3) is 0 Å². The van der Waals surface area contributed by atoms with Gasteiger partial charge in [0.15, 0.2) is 9.84 Å². The van der Waals surface area contributed by atoms with Crippen molar-refractivity contribution in [2.45, 2.75) is 48.4 Å². The molecule has 4 rings (SSSR count). The predicted molar refractivity (Wildman–Crippen MR) is 168 cm³/mol. The number of aryl methyl sites for hydroxylation is 1. The Bertz CT molecular complexity index is 1650. The van der Waals surface area contributed by atoms with Gasteiger partial charge in [-0.15, -0.1) is 0 Å². The number of amides is 2. The van der Waals surface area contributed by atoms with Crippen LogP contribution in [-0.2, 0) is 30.5 Å². The molecule has 0 bridgehead atoms. The Morgan fingerprint density at radius 3 is 2.47 bits per heavy atom. The van der Waals surface area contributed by atoms with E-state index in [0.29, 0.717) is 35.5 Å². The van der Waals surface area contributed by atoms with E-state index >= 15 is 4.39 Å². The summed E-state index contributed by atoms with van der Waals surface area (Å²) in [7, 11) is -3.51. The van der Waals surface area contributed by atoms with Crippen molar-refractivity contribution in [3.63, 3.8) is 0 Å². The number of hydrogen-bond acceptors (Lipinski definition) is 7. The molecule has 0 saturated carbocycles. The van der Waals surface area contributed by atoms with Gasteiger partial charge in [-0.2, -0.15) is 13.2 Å². The predicted octanol–water partition coefficient (Wildman–Crippen LogP) is 5.62. The minimum Gasteiger partial charge on any atom is -0.448 e. The average Bonchev–Trinajstić information content (AvgIpc) is 3.02. The second-order valence-electron chi connectivity index (χ2n) is 11.1. The van der Waals surface area contributed by atoms with Gasteiger partial charge in [0.1, 0.15) is 19.0 Å². The first-order valence-electron chi connectivity index (χ1n) is 14.6. The highest BCUT2D eigenvalue weighted by Gasteiger charge is 2.29. The fourth-order valence-electron chi connectivity index (χ4n) is 5.05. The summed E-state index contributed by atoms with van der Waals surface area (Å²) in [5.41, 5.74) is 1.87. The summed E-state index contributed by atoms with van der Waals surface area (Å²) >= 11 is 6.07. The first-order valence-corrected chi connectivity index (χ1v) is 16.9. The number of hydrogen-bond donors (Lipinski definition) is 3. The van der Waals surface area contributed by atoms with Crippen LogP contribution in [0.3, 0.4) is 0 Å². The lowest BCUT2D eigenvalue weighted by atomic mass is 9.88. The number of rotatable bonds is 12. The number of carbonyl (C=O) groups excluding carboxylic acids is 2. The van der Waals surface area contributed by atoms with Crippen LogP contribution >= 0.6 is 11.6 Å². The number of para-hydroxylation sites is 1. The van der Waals surface area contributed by atoms with E-state index in [1.165, 1.54) is 24.3 Å². The van der Waals surface area contributed by atoms with Gasteiger partial charge in [-0.3, -0.25) is 4.79 Å². The smallest absolute Gasteiger partial charge is 0.407 e. The number of nitrogens with one attached hydrogen (secondary N) is 3. The zero-order valence-electron chi connectivity index (χ0n) is 25.3. The second kappa shape index (κ2) is 15.9. The molecule has 0 spiro atoms. The lowest BCUT2D eigenvalue weighted by Crippen LogP contribution is -2.49. The monoisotopic (exact) mass is 699 g/mol. The van der Waals surface area contributed by atoms with Crippen LogP contribution in [0.5, 0.6) is 0 Å². The van der Waals surface area contributed by atoms with E-state index in [9.17, 15) is 31.2 Å². The van der Waals surface area contributed by atoms with Crippen LogP contribution in [-0.4, -0.2) is 71.3 Å². The van der Waals surface area contributed by atoms with Gasteiger partial charge in [-0.25, -0.2) is 17.6 Å². The molecule has 1 saturated heterocycles.